The predicted molar refractivity (Wildman–Crippen MR) is 59.2 cm³/mol. The number of sulfonamides is 1. The minimum absolute atomic E-state index is 0.0185. The Kier molecular flexibility index (Phi) is 2.60. The number of H-pyrrole nitrogens is 1. The normalized spacial score (nSPS) is 23.3. The molecule has 1 aromatic rings. The van der Waals surface area contributed by atoms with Gasteiger partial charge in [0, 0.05) is 17.9 Å². The van der Waals surface area contributed by atoms with E-state index in [1.165, 1.54) is 12.3 Å². The zero-order chi connectivity index (χ0) is 12.0. The molecular weight excluding hydrogens is 228 g/mol. The summed E-state index contributed by atoms with van der Waals surface area (Å²) in [4.78, 5) is 2.89. The lowest BCUT2D eigenvalue weighted by atomic mass is 10.2. The predicted octanol–water partition coefficient (Wildman–Crippen LogP) is 0.584. The number of aromatic nitrogens is 1. The van der Waals surface area contributed by atoms with Crippen LogP contribution in [0.3, 0.4) is 0 Å². The van der Waals surface area contributed by atoms with Crippen LogP contribution in [0.5, 0.6) is 0 Å². The fourth-order valence-corrected chi connectivity index (χ4v) is 3.01. The van der Waals surface area contributed by atoms with Crippen molar-refractivity contribution in [1.82, 2.24) is 9.71 Å². The summed E-state index contributed by atoms with van der Waals surface area (Å²) in [5.74, 6) is 0. The van der Waals surface area contributed by atoms with E-state index < -0.39 is 10.0 Å². The molecule has 0 amide bonds. The Balaban J connectivity index is 2.13. The maximum atomic E-state index is 11.9. The van der Waals surface area contributed by atoms with Gasteiger partial charge in [0.2, 0.25) is 10.0 Å². The van der Waals surface area contributed by atoms with Crippen molar-refractivity contribution in [3.05, 3.63) is 18.0 Å². The third-order valence-corrected chi connectivity index (χ3v) is 4.46. The fraction of sp³-hybridized carbons (Fsp3) is 0.600. The molecule has 1 aliphatic rings. The average Bonchev–Trinajstić information content (AvgIpc) is 2.68. The van der Waals surface area contributed by atoms with Crippen molar-refractivity contribution in [3.8, 4) is 0 Å². The second-order valence-electron chi connectivity index (χ2n) is 4.89. The number of aromatic amines is 1. The summed E-state index contributed by atoms with van der Waals surface area (Å²) in [5, 5.41) is 8.85. The highest BCUT2D eigenvalue weighted by Crippen LogP contribution is 2.45. The van der Waals surface area contributed by atoms with Gasteiger partial charge in [0.15, 0.2) is 0 Å². The second kappa shape index (κ2) is 3.58. The highest BCUT2D eigenvalue weighted by Gasteiger charge is 2.47. The minimum atomic E-state index is -3.45. The van der Waals surface area contributed by atoms with Crippen LogP contribution < -0.4 is 4.72 Å². The van der Waals surface area contributed by atoms with Crippen molar-refractivity contribution in [3.63, 3.8) is 0 Å². The molecule has 2 rings (SSSR count). The first-order valence-corrected chi connectivity index (χ1v) is 6.64. The van der Waals surface area contributed by atoms with Gasteiger partial charge in [-0.05, 0) is 17.9 Å². The van der Waals surface area contributed by atoms with E-state index in [4.69, 9.17) is 5.11 Å². The Bertz CT molecular complexity index is 490. The smallest absolute Gasteiger partial charge is 0.242 e. The van der Waals surface area contributed by atoms with Crippen LogP contribution in [0.2, 0.25) is 0 Å². The second-order valence-corrected chi connectivity index (χ2v) is 6.60. The molecule has 0 aromatic carbocycles. The van der Waals surface area contributed by atoms with Gasteiger partial charge in [0.25, 0.3) is 0 Å². The monoisotopic (exact) mass is 244 g/mol. The van der Waals surface area contributed by atoms with Crippen LogP contribution in [0, 0.1) is 5.41 Å². The van der Waals surface area contributed by atoms with Crippen molar-refractivity contribution in [2.45, 2.75) is 37.8 Å². The summed E-state index contributed by atoms with van der Waals surface area (Å²) >= 11 is 0. The molecule has 1 aromatic heterocycles. The van der Waals surface area contributed by atoms with Crippen molar-refractivity contribution in [1.29, 1.82) is 0 Å². The first kappa shape index (κ1) is 11.6. The highest BCUT2D eigenvalue weighted by molar-refractivity contribution is 7.89. The van der Waals surface area contributed by atoms with Gasteiger partial charge >= 0.3 is 0 Å². The Hall–Kier alpha value is -0.850. The van der Waals surface area contributed by atoms with Crippen LogP contribution in [-0.4, -0.2) is 24.6 Å². The summed E-state index contributed by atoms with van der Waals surface area (Å²) in [6.45, 7) is 3.86. The Morgan fingerprint density at radius 2 is 2.25 bits per heavy atom. The fourth-order valence-electron chi connectivity index (χ4n) is 1.59. The van der Waals surface area contributed by atoms with E-state index in [2.05, 4.69) is 9.71 Å². The molecule has 0 saturated heterocycles. The van der Waals surface area contributed by atoms with Crippen LogP contribution >= 0.6 is 0 Å². The lowest BCUT2D eigenvalue weighted by molar-refractivity contribution is 0.277. The van der Waals surface area contributed by atoms with Crippen LogP contribution in [0.1, 0.15) is 26.0 Å². The van der Waals surface area contributed by atoms with Crippen molar-refractivity contribution in [2.75, 3.05) is 0 Å². The van der Waals surface area contributed by atoms with E-state index in [0.717, 1.165) is 6.42 Å². The van der Waals surface area contributed by atoms with E-state index in [9.17, 15) is 8.42 Å². The standard InChI is InChI=1S/C10H16N2O3S/c1-10(2)4-9(10)12-16(14,15)8-3-7(6-13)11-5-8/h3,5,9,11-13H,4,6H2,1-2H3. The Morgan fingerprint density at radius 1 is 1.62 bits per heavy atom. The highest BCUT2D eigenvalue weighted by atomic mass is 32.2. The first-order valence-electron chi connectivity index (χ1n) is 5.16. The van der Waals surface area contributed by atoms with Gasteiger partial charge < -0.3 is 10.1 Å². The SMILES string of the molecule is CC1(C)CC1NS(=O)(=O)c1c[nH]c(CO)c1. The van der Waals surface area contributed by atoms with Crippen LogP contribution in [0.4, 0.5) is 0 Å². The molecule has 16 heavy (non-hydrogen) atoms. The minimum Gasteiger partial charge on any atom is -0.390 e. The molecule has 1 unspecified atom stereocenters. The molecular formula is C10H16N2O3S. The number of nitrogens with one attached hydrogen (secondary N) is 2. The summed E-state index contributed by atoms with van der Waals surface area (Å²) < 4.78 is 26.4. The van der Waals surface area contributed by atoms with E-state index in [0.29, 0.717) is 5.69 Å². The summed E-state index contributed by atoms with van der Waals surface area (Å²) in [7, 11) is -3.45. The zero-order valence-corrected chi connectivity index (χ0v) is 10.1. The number of rotatable bonds is 4. The zero-order valence-electron chi connectivity index (χ0n) is 9.32. The molecule has 5 nitrogen and oxygen atoms in total. The van der Waals surface area contributed by atoms with E-state index in [1.54, 1.807) is 0 Å². The number of hydrogen-bond acceptors (Lipinski definition) is 3. The molecule has 1 fully saturated rings. The summed E-state index contributed by atoms with van der Waals surface area (Å²) in [5.41, 5.74) is 0.554. The largest absolute Gasteiger partial charge is 0.390 e. The van der Waals surface area contributed by atoms with Gasteiger partial charge in [-0.25, -0.2) is 13.1 Å². The van der Waals surface area contributed by atoms with E-state index >= 15 is 0 Å². The van der Waals surface area contributed by atoms with Gasteiger partial charge in [0.1, 0.15) is 0 Å². The number of aliphatic hydroxyl groups excluding tert-OH is 1. The third kappa shape index (κ3) is 2.14. The molecule has 1 atom stereocenters. The molecule has 3 N–H and O–H groups in total. The summed E-state index contributed by atoms with van der Waals surface area (Å²) in [6, 6.07) is 1.46. The van der Waals surface area contributed by atoms with Crippen molar-refractivity contribution >= 4 is 10.0 Å². The van der Waals surface area contributed by atoms with E-state index in [1.807, 2.05) is 13.8 Å². The number of aliphatic hydroxyl groups is 1. The topological polar surface area (TPSA) is 82.2 Å². The average molecular weight is 244 g/mol. The molecule has 1 heterocycles. The van der Waals surface area contributed by atoms with Crippen LogP contribution in [-0.2, 0) is 16.6 Å². The van der Waals surface area contributed by atoms with Gasteiger partial charge in [-0.15, -0.1) is 0 Å². The van der Waals surface area contributed by atoms with Gasteiger partial charge in [-0.2, -0.15) is 0 Å². The van der Waals surface area contributed by atoms with Gasteiger partial charge in [-0.1, -0.05) is 13.8 Å². The molecule has 90 valence electrons. The maximum absolute atomic E-state index is 11.9. The Labute approximate surface area is 94.9 Å². The Morgan fingerprint density at radius 3 is 2.69 bits per heavy atom. The first-order chi connectivity index (χ1) is 7.35. The third-order valence-electron chi connectivity index (χ3n) is 3.01. The van der Waals surface area contributed by atoms with Crippen LogP contribution in [0.15, 0.2) is 17.2 Å². The maximum Gasteiger partial charge on any atom is 0.242 e. The van der Waals surface area contributed by atoms with Crippen molar-refractivity contribution in [2.24, 2.45) is 5.41 Å². The van der Waals surface area contributed by atoms with Crippen LogP contribution in [0.25, 0.3) is 0 Å². The number of hydrogen-bond donors (Lipinski definition) is 3. The molecule has 1 saturated carbocycles. The summed E-state index contributed by atoms with van der Waals surface area (Å²) in [6.07, 6.45) is 2.26. The molecule has 6 heteroatoms. The molecule has 0 radical (unpaired) electrons. The van der Waals surface area contributed by atoms with E-state index in [-0.39, 0.29) is 23.0 Å². The lowest BCUT2D eigenvalue weighted by Crippen LogP contribution is -2.28. The lowest BCUT2D eigenvalue weighted by Gasteiger charge is -2.06. The van der Waals surface area contributed by atoms with Crippen molar-refractivity contribution < 1.29 is 13.5 Å². The molecule has 0 spiro atoms. The molecule has 0 aliphatic heterocycles. The van der Waals surface area contributed by atoms with Gasteiger partial charge in [0.05, 0.1) is 11.5 Å². The molecule has 1 aliphatic carbocycles. The quantitative estimate of drug-likeness (QED) is 0.724. The van der Waals surface area contributed by atoms with Gasteiger partial charge in [-0.3, -0.25) is 0 Å². The molecule has 0 bridgehead atoms.